The van der Waals surface area contributed by atoms with Gasteiger partial charge in [0.1, 0.15) is 0 Å². The molecule has 2 unspecified atom stereocenters. The summed E-state index contributed by atoms with van der Waals surface area (Å²) in [5.74, 6) is 0.361. The van der Waals surface area contributed by atoms with Crippen molar-refractivity contribution in [2.24, 2.45) is 5.92 Å². The number of carbonyl (C=O) groups excluding carboxylic acids is 1. The van der Waals surface area contributed by atoms with Gasteiger partial charge < -0.3 is 10.2 Å². The molecule has 0 radical (unpaired) electrons. The molecule has 5 nitrogen and oxygen atoms in total. The second-order valence-corrected chi connectivity index (χ2v) is 7.61. The highest BCUT2D eigenvalue weighted by Crippen LogP contribution is 2.22. The Morgan fingerprint density at radius 2 is 2.15 bits per heavy atom. The number of sulfone groups is 1. The monoisotopic (exact) mass is 322 g/mol. The van der Waals surface area contributed by atoms with E-state index in [1.807, 2.05) is 0 Å². The van der Waals surface area contributed by atoms with Crippen molar-refractivity contribution >= 4 is 28.2 Å². The number of halogens is 1. The van der Waals surface area contributed by atoms with Gasteiger partial charge in [0.2, 0.25) is 5.91 Å². The predicted molar refractivity (Wildman–Crippen MR) is 81.8 cm³/mol. The lowest BCUT2D eigenvalue weighted by molar-refractivity contribution is -0.137. The van der Waals surface area contributed by atoms with Crippen LogP contribution in [-0.4, -0.2) is 56.4 Å². The zero-order chi connectivity index (χ0) is 13.9. The van der Waals surface area contributed by atoms with Gasteiger partial charge in [-0.15, -0.1) is 19.0 Å². The number of rotatable bonds is 4. The van der Waals surface area contributed by atoms with E-state index < -0.39 is 9.84 Å². The summed E-state index contributed by atoms with van der Waals surface area (Å²) >= 11 is 0. The standard InChI is InChI=1S/C13H22N2O3S.ClH/c1-2-7-15(12-5-8-19(17,18)10-12)13(16)11-4-3-6-14-9-11;/h2,11-12,14H,1,3-10H2;1H. The minimum Gasteiger partial charge on any atom is -0.335 e. The molecule has 0 bridgehead atoms. The van der Waals surface area contributed by atoms with Gasteiger partial charge in [-0.2, -0.15) is 0 Å². The van der Waals surface area contributed by atoms with Crippen LogP contribution in [0, 0.1) is 5.92 Å². The number of nitrogens with one attached hydrogen (secondary N) is 1. The lowest BCUT2D eigenvalue weighted by Gasteiger charge is -2.32. The summed E-state index contributed by atoms with van der Waals surface area (Å²) in [4.78, 5) is 14.2. The third kappa shape index (κ3) is 4.20. The van der Waals surface area contributed by atoms with Crippen LogP contribution in [0.15, 0.2) is 12.7 Å². The molecule has 0 saturated carbocycles. The van der Waals surface area contributed by atoms with Crippen LogP contribution in [0.1, 0.15) is 19.3 Å². The van der Waals surface area contributed by atoms with Crippen LogP contribution in [0.2, 0.25) is 0 Å². The Bertz CT molecular complexity index is 447. The van der Waals surface area contributed by atoms with Gasteiger partial charge >= 0.3 is 0 Å². The number of nitrogens with zero attached hydrogens (tertiary/aromatic N) is 1. The molecule has 116 valence electrons. The van der Waals surface area contributed by atoms with Crippen molar-refractivity contribution in [3.63, 3.8) is 0 Å². The summed E-state index contributed by atoms with van der Waals surface area (Å²) in [7, 11) is -2.97. The average molecular weight is 323 g/mol. The molecule has 20 heavy (non-hydrogen) atoms. The SMILES string of the molecule is C=CCN(C(=O)C1CCCNC1)C1CCS(=O)(=O)C1.Cl. The first-order valence-electron chi connectivity index (χ1n) is 6.86. The lowest BCUT2D eigenvalue weighted by atomic mass is 9.97. The van der Waals surface area contributed by atoms with Crippen LogP contribution in [0.3, 0.4) is 0 Å². The molecule has 2 rings (SSSR count). The molecule has 0 spiro atoms. The second kappa shape index (κ2) is 7.43. The van der Waals surface area contributed by atoms with Gasteiger partial charge in [0, 0.05) is 19.1 Å². The molecule has 2 saturated heterocycles. The fourth-order valence-corrected chi connectivity index (χ4v) is 4.61. The van der Waals surface area contributed by atoms with E-state index in [-0.39, 0.29) is 41.8 Å². The van der Waals surface area contributed by atoms with Crippen molar-refractivity contribution in [2.75, 3.05) is 31.1 Å². The molecule has 2 aliphatic rings. The molecule has 2 aliphatic heterocycles. The fourth-order valence-electron chi connectivity index (χ4n) is 2.88. The van der Waals surface area contributed by atoms with Gasteiger partial charge in [-0.1, -0.05) is 6.08 Å². The van der Waals surface area contributed by atoms with Crippen LogP contribution in [0.4, 0.5) is 0 Å². The predicted octanol–water partition coefficient (Wildman–Crippen LogP) is 0.609. The Kier molecular flexibility index (Phi) is 6.48. The van der Waals surface area contributed by atoms with Gasteiger partial charge in [0.25, 0.3) is 0 Å². The van der Waals surface area contributed by atoms with Gasteiger partial charge in [-0.3, -0.25) is 4.79 Å². The normalized spacial score (nSPS) is 28.4. The van der Waals surface area contributed by atoms with Crippen molar-refractivity contribution in [3.8, 4) is 0 Å². The van der Waals surface area contributed by atoms with Crippen LogP contribution in [-0.2, 0) is 14.6 Å². The van der Waals surface area contributed by atoms with Gasteiger partial charge in [-0.25, -0.2) is 8.42 Å². The highest BCUT2D eigenvalue weighted by Gasteiger charge is 2.36. The maximum absolute atomic E-state index is 12.5. The van der Waals surface area contributed by atoms with Crippen LogP contribution in [0.25, 0.3) is 0 Å². The Morgan fingerprint density at radius 3 is 2.65 bits per heavy atom. The summed E-state index contributed by atoms with van der Waals surface area (Å²) in [6.45, 7) is 5.78. The molecule has 0 aromatic rings. The Hall–Kier alpha value is -0.590. The van der Waals surface area contributed by atoms with Crippen LogP contribution >= 0.6 is 12.4 Å². The van der Waals surface area contributed by atoms with E-state index in [4.69, 9.17) is 0 Å². The molecule has 1 N–H and O–H groups in total. The zero-order valence-corrected chi connectivity index (χ0v) is 13.2. The molecule has 2 fully saturated rings. The van der Waals surface area contributed by atoms with Crippen molar-refractivity contribution in [1.82, 2.24) is 10.2 Å². The summed E-state index contributed by atoms with van der Waals surface area (Å²) in [5.41, 5.74) is 0. The minimum absolute atomic E-state index is 0. The third-order valence-corrected chi connectivity index (χ3v) is 5.65. The van der Waals surface area contributed by atoms with E-state index in [0.717, 1.165) is 19.4 Å². The smallest absolute Gasteiger partial charge is 0.227 e. The summed E-state index contributed by atoms with van der Waals surface area (Å²) in [5, 5.41) is 3.23. The van der Waals surface area contributed by atoms with Gasteiger partial charge in [-0.05, 0) is 25.8 Å². The maximum atomic E-state index is 12.5. The number of amides is 1. The van der Waals surface area contributed by atoms with Gasteiger partial charge in [0.15, 0.2) is 9.84 Å². The number of piperidine rings is 1. The summed E-state index contributed by atoms with van der Waals surface area (Å²) in [6.07, 6.45) is 4.13. The molecule has 1 amide bonds. The topological polar surface area (TPSA) is 66.5 Å². The Balaban J connectivity index is 0.00000200. The number of hydrogen-bond donors (Lipinski definition) is 1. The average Bonchev–Trinajstić information content (AvgIpc) is 2.76. The van der Waals surface area contributed by atoms with Crippen molar-refractivity contribution in [2.45, 2.75) is 25.3 Å². The van der Waals surface area contributed by atoms with E-state index in [1.165, 1.54) is 0 Å². The highest BCUT2D eigenvalue weighted by atomic mass is 35.5. The van der Waals surface area contributed by atoms with E-state index >= 15 is 0 Å². The first-order valence-corrected chi connectivity index (χ1v) is 8.68. The van der Waals surface area contributed by atoms with Crippen molar-refractivity contribution in [1.29, 1.82) is 0 Å². The third-order valence-electron chi connectivity index (χ3n) is 3.90. The van der Waals surface area contributed by atoms with E-state index in [2.05, 4.69) is 11.9 Å². The second-order valence-electron chi connectivity index (χ2n) is 5.38. The summed E-state index contributed by atoms with van der Waals surface area (Å²) < 4.78 is 23.1. The van der Waals surface area contributed by atoms with Crippen LogP contribution in [0.5, 0.6) is 0 Å². The maximum Gasteiger partial charge on any atom is 0.227 e. The number of hydrogen-bond acceptors (Lipinski definition) is 4. The molecule has 0 aromatic heterocycles. The van der Waals surface area contributed by atoms with Crippen molar-refractivity contribution in [3.05, 3.63) is 12.7 Å². The van der Waals surface area contributed by atoms with Gasteiger partial charge in [0.05, 0.1) is 17.4 Å². The Labute approximate surface area is 127 Å². The Morgan fingerprint density at radius 1 is 1.40 bits per heavy atom. The molecular formula is C13H23ClN2O3S. The lowest BCUT2D eigenvalue weighted by Crippen LogP contribution is -2.48. The zero-order valence-electron chi connectivity index (χ0n) is 11.6. The minimum atomic E-state index is -2.97. The van der Waals surface area contributed by atoms with E-state index in [9.17, 15) is 13.2 Å². The van der Waals surface area contributed by atoms with E-state index in [0.29, 0.717) is 19.5 Å². The largest absolute Gasteiger partial charge is 0.335 e. The quantitative estimate of drug-likeness (QED) is 0.770. The van der Waals surface area contributed by atoms with Crippen molar-refractivity contribution < 1.29 is 13.2 Å². The molecule has 0 aromatic carbocycles. The first kappa shape index (κ1) is 17.5. The highest BCUT2D eigenvalue weighted by molar-refractivity contribution is 7.91. The first-order chi connectivity index (χ1) is 9.03. The molecular weight excluding hydrogens is 300 g/mol. The molecule has 2 heterocycles. The summed E-state index contributed by atoms with van der Waals surface area (Å²) in [6, 6.07) is -0.169. The molecule has 7 heteroatoms. The number of carbonyl (C=O) groups is 1. The fraction of sp³-hybridized carbons (Fsp3) is 0.769. The van der Waals surface area contributed by atoms with Crippen LogP contribution < -0.4 is 5.32 Å². The molecule has 0 aliphatic carbocycles. The van der Waals surface area contributed by atoms with E-state index in [1.54, 1.807) is 11.0 Å². The molecule has 2 atom stereocenters.